The second kappa shape index (κ2) is 5.56. The lowest BCUT2D eigenvalue weighted by atomic mass is 9.87. The van der Waals surface area contributed by atoms with Crippen molar-refractivity contribution in [2.24, 2.45) is 5.92 Å². The summed E-state index contributed by atoms with van der Waals surface area (Å²) in [5, 5.41) is 5.69. The molecule has 1 atom stereocenters. The van der Waals surface area contributed by atoms with Gasteiger partial charge in [-0.1, -0.05) is 0 Å². The van der Waals surface area contributed by atoms with Gasteiger partial charge in [0.1, 0.15) is 11.4 Å². The molecule has 9 heteroatoms. The molecule has 1 saturated heterocycles. The molecule has 2 aliphatic rings. The number of allylic oxidation sites excluding steroid dienone is 4. The number of nitrogen functional groups attached to an aromatic ring is 1. The lowest BCUT2D eigenvalue weighted by Crippen LogP contribution is -2.34. The normalized spacial score (nSPS) is 21.0. The van der Waals surface area contributed by atoms with Crippen molar-refractivity contribution >= 4 is 17.7 Å². The standard InChI is InChI=1S/C14H14F3N5O/c15-14(16,17)9-6-19-13(22-12(9)18)20-8-2-3-10-7(5-8)1-4-11(23)21-10/h2-3,6-7H,1,4-5H2,(H,21,23)(H3,18,19,20,22). The fourth-order valence-electron chi connectivity index (χ4n) is 2.61. The second-order valence-corrected chi connectivity index (χ2v) is 5.42. The minimum absolute atomic E-state index is 0.00356. The summed E-state index contributed by atoms with van der Waals surface area (Å²) < 4.78 is 37.9. The minimum Gasteiger partial charge on any atom is -0.383 e. The van der Waals surface area contributed by atoms with E-state index in [0.717, 1.165) is 17.8 Å². The molecule has 23 heavy (non-hydrogen) atoms. The first kappa shape index (κ1) is 15.3. The lowest BCUT2D eigenvalue weighted by Gasteiger charge is -2.29. The maximum atomic E-state index is 12.6. The van der Waals surface area contributed by atoms with Crippen LogP contribution in [-0.2, 0) is 11.0 Å². The number of aromatic nitrogens is 2. The van der Waals surface area contributed by atoms with E-state index in [4.69, 9.17) is 5.73 Å². The summed E-state index contributed by atoms with van der Waals surface area (Å²) in [6.07, 6.45) is 1.42. The number of anilines is 2. The van der Waals surface area contributed by atoms with Crippen molar-refractivity contribution in [1.82, 2.24) is 15.3 Å². The van der Waals surface area contributed by atoms with Crippen LogP contribution in [0.15, 0.2) is 29.7 Å². The zero-order valence-corrected chi connectivity index (χ0v) is 11.9. The maximum absolute atomic E-state index is 12.6. The van der Waals surface area contributed by atoms with Gasteiger partial charge >= 0.3 is 6.18 Å². The molecule has 1 aliphatic heterocycles. The number of nitrogens with one attached hydrogen (secondary N) is 2. The van der Waals surface area contributed by atoms with E-state index in [0.29, 0.717) is 19.0 Å². The molecule has 0 saturated carbocycles. The molecule has 3 rings (SSSR count). The van der Waals surface area contributed by atoms with E-state index < -0.39 is 17.6 Å². The number of piperidine rings is 1. The number of amides is 1. The number of carbonyl (C=O) groups is 1. The Bertz CT molecular complexity index is 711. The molecule has 2 heterocycles. The van der Waals surface area contributed by atoms with Crippen LogP contribution in [0.5, 0.6) is 0 Å². The average molecular weight is 325 g/mol. The summed E-state index contributed by atoms with van der Waals surface area (Å²) >= 11 is 0. The van der Waals surface area contributed by atoms with E-state index in [1.54, 1.807) is 12.2 Å². The summed E-state index contributed by atoms with van der Waals surface area (Å²) in [7, 11) is 0. The van der Waals surface area contributed by atoms with Crippen LogP contribution < -0.4 is 16.4 Å². The van der Waals surface area contributed by atoms with Gasteiger partial charge in [0.05, 0.1) is 0 Å². The summed E-state index contributed by atoms with van der Waals surface area (Å²) in [6, 6.07) is 0. The first-order valence-electron chi connectivity index (χ1n) is 7.00. The second-order valence-electron chi connectivity index (χ2n) is 5.42. The third kappa shape index (κ3) is 3.27. The smallest absolute Gasteiger partial charge is 0.383 e. The highest BCUT2D eigenvalue weighted by Gasteiger charge is 2.34. The number of fused-ring (bicyclic) bond motifs is 1. The van der Waals surface area contributed by atoms with Crippen molar-refractivity contribution in [3.8, 4) is 0 Å². The molecule has 1 aromatic heterocycles. The SMILES string of the molecule is Nc1nc(NC2=CC=C3NC(=O)CCC3C2)ncc1C(F)(F)F. The number of hydrogen-bond acceptors (Lipinski definition) is 5. The van der Waals surface area contributed by atoms with E-state index >= 15 is 0 Å². The van der Waals surface area contributed by atoms with Gasteiger partial charge in [-0.2, -0.15) is 18.2 Å². The van der Waals surface area contributed by atoms with Crippen LogP contribution in [0.25, 0.3) is 0 Å². The molecule has 0 radical (unpaired) electrons. The molecular weight excluding hydrogens is 311 g/mol. The van der Waals surface area contributed by atoms with Crippen LogP contribution in [0.3, 0.4) is 0 Å². The average Bonchev–Trinajstić information content (AvgIpc) is 2.46. The number of hydrogen-bond donors (Lipinski definition) is 3. The van der Waals surface area contributed by atoms with Crippen molar-refractivity contribution in [3.05, 3.63) is 35.3 Å². The number of nitrogens with zero attached hydrogens (tertiary/aromatic N) is 2. The lowest BCUT2D eigenvalue weighted by molar-refractivity contribution is -0.137. The molecule has 1 fully saturated rings. The Hall–Kier alpha value is -2.58. The monoisotopic (exact) mass is 325 g/mol. The molecule has 1 unspecified atom stereocenters. The Balaban J connectivity index is 1.75. The van der Waals surface area contributed by atoms with Crippen LogP contribution in [0.1, 0.15) is 24.8 Å². The highest BCUT2D eigenvalue weighted by atomic mass is 19.4. The fourth-order valence-corrected chi connectivity index (χ4v) is 2.61. The number of alkyl halides is 3. The van der Waals surface area contributed by atoms with Gasteiger partial charge in [-0.05, 0) is 25.0 Å². The van der Waals surface area contributed by atoms with Gasteiger partial charge in [-0.25, -0.2) is 4.98 Å². The van der Waals surface area contributed by atoms with Crippen molar-refractivity contribution in [3.63, 3.8) is 0 Å². The van der Waals surface area contributed by atoms with Crippen molar-refractivity contribution in [2.75, 3.05) is 11.1 Å². The zero-order valence-electron chi connectivity index (χ0n) is 11.9. The number of nitrogens with two attached hydrogens (primary N) is 1. The van der Waals surface area contributed by atoms with Gasteiger partial charge in [-0.3, -0.25) is 4.79 Å². The van der Waals surface area contributed by atoms with Crippen LogP contribution in [0.4, 0.5) is 24.9 Å². The molecule has 0 aromatic carbocycles. The Labute approximate surface area is 129 Å². The van der Waals surface area contributed by atoms with E-state index in [9.17, 15) is 18.0 Å². The number of halogens is 3. The molecule has 122 valence electrons. The highest BCUT2D eigenvalue weighted by molar-refractivity contribution is 5.79. The van der Waals surface area contributed by atoms with Gasteiger partial charge in [0.15, 0.2) is 0 Å². The van der Waals surface area contributed by atoms with Crippen molar-refractivity contribution in [2.45, 2.75) is 25.4 Å². The fraction of sp³-hybridized carbons (Fsp3) is 0.357. The molecular formula is C14H14F3N5O. The summed E-state index contributed by atoms with van der Waals surface area (Å²) in [4.78, 5) is 18.6. The first-order valence-corrected chi connectivity index (χ1v) is 7.00. The predicted octanol–water partition coefficient (Wildman–Crippen LogP) is 2.19. The van der Waals surface area contributed by atoms with Gasteiger partial charge < -0.3 is 16.4 Å². The van der Waals surface area contributed by atoms with Gasteiger partial charge in [0, 0.05) is 29.9 Å². The van der Waals surface area contributed by atoms with Gasteiger partial charge in [0.25, 0.3) is 0 Å². The van der Waals surface area contributed by atoms with Crippen LogP contribution in [-0.4, -0.2) is 15.9 Å². The zero-order chi connectivity index (χ0) is 16.6. The number of rotatable bonds is 2. The topological polar surface area (TPSA) is 92.9 Å². The molecule has 4 N–H and O–H groups in total. The third-order valence-corrected chi connectivity index (χ3v) is 3.77. The van der Waals surface area contributed by atoms with Crippen molar-refractivity contribution in [1.29, 1.82) is 0 Å². The quantitative estimate of drug-likeness (QED) is 0.775. The highest BCUT2D eigenvalue weighted by Crippen LogP contribution is 2.33. The number of carbonyl (C=O) groups excluding carboxylic acids is 1. The summed E-state index contributed by atoms with van der Waals surface area (Å²) in [5.41, 5.74) is 5.91. The van der Waals surface area contributed by atoms with Gasteiger partial charge in [0.2, 0.25) is 11.9 Å². The Morgan fingerprint density at radius 3 is 2.83 bits per heavy atom. The van der Waals surface area contributed by atoms with E-state index in [1.165, 1.54) is 0 Å². The first-order chi connectivity index (χ1) is 10.8. The Morgan fingerprint density at radius 1 is 1.35 bits per heavy atom. The van der Waals surface area contributed by atoms with Gasteiger partial charge in [-0.15, -0.1) is 0 Å². The van der Waals surface area contributed by atoms with E-state index in [-0.39, 0.29) is 17.8 Å². The van der Waals surface area contributed by atoms with Crippen LogP contribution in [0.2, 0.25) is 0 Å². The Morgan fingerprint density at radius 2 is 2.13 bits per heavy atom. The molecule has 1 aliphatic carbocycles. The predicted molar refractivity (Wildman–Crippen MR) is 76.7 cm³/mol. The molecule has 0 bridgehead atoms. The van der Waals surface area contributed by atoms with Crippen molar-refractivity contribution < 1.29 is 18.0 Å². The molecule has 6 nitrogen and oxygen atoms in total. The molecule has 0 spiro atoms. The van der Waals surface area contributed by atoms with Crippen LogP contribution >= 0.6 is 0 Å². The summed E-state index contributed by atoms with van der Waals surface area (Å²) in [5.74, 6) is -0.436. The molecule has 1 aromatic rings. The van der Waals surface area contributed by atoms with Crippen LogP contribution in [0, 0.1) is 5.92 Å². The summed E-state index contributed by atoms with van der Waals surface area (Å²) in [6.45, 7) is 0. The van der Waals surface area contributed by atoms with E-state index in [1.807, 2.05) is 0 Å². The molecule has 1 amide bonds. The maximum Gasteiger partial charge on any atom is 0.421 e. The van der Waals surface area contributed by atoms with E-state index in [2.05, 4.69) is 20.6 Å². The third-order valence-electron chi connectivity index (χ3n) is 3.77. The largest absolute Gasteiger partial charge is 0.421 e. The Kier molecular flexibility index (Phi) is 3.70. The minimum atomic E-state index is -4.58.